The van der Waals surface area contributed by atoms with Gasteiger partial charge in [-0.05, 0) is 5.57 Å². The van der Waals surface area contributed by atoms with Crippen molar-refractivity contribution in [3.8, 4) is 0 Å². The molecule has 0 aromatic carbocycles. The highest BCUT2D eigenvalue weighted by Gasteiger charge is 2.55. The number of hydrogen-bond donors (Lipinski definition) is 2. The first-order chi connectivity index (χ1) is 7.93. The highest BCUT2D eigenvalue weighted by molar-refractivity contribution is 8.00. The predicted molar refractivity (Wildman–Crippen MR) is 61.3 cm³/mol. The number of amides is 2. The van der Waals surface area contributed by atoms with Crippen molar-refractivity contribution in [2.24, 2.45) is 0 Å². The fraction of sp³-hybridized carbons (Fsp3) is 0.500. The molecule has 92 valence electrons. The summed E-state index contributed by atoms with van der Waals surface area (Å²) in [6, 6.07) is -1.56. The monoisotopic (exact) mass is 256 g/mol. The number of carbonyl (C=O) groups is 3. The van der Waals surface area contributed by atoms with E-state index < -0.39 is 18.1 Å². The Labute approximate surface area is 102 Å². The van der Waals surface area contributed by atoms with Gasteiger partial charge in [0, 0.05) is 12.7 Å². The van der Waals surface area contributed by atoms with Crippen LogP contribution < -0.4 is 5.32 Å². The fourth-order valence-corrected chi connectivity index (χ4v) is 3.36. The van der Waals surface area contributed by atoms with Crippen molar-refractivity contribution in [3.63, 3.8) is 0 Å². The first-order valence-electron chi connectivity index (χ1n) is 5.05. The Hall–Kier alpha value is -1.50. The van der Waals surface area contributed by atoms with E-state index in [1.807, 2.05) is 0 Å². The zero-order chi connectivity index (χ0) is 12.7. The van der Waals surface area contributed by atoms with Gasteiger partial charge in [-0.25, -0.2) is 4.79 Å². The third-order valence-electron chi connectivity index (χ3n) is 2.78. The second-order valence-corrected chi connectivity index (χ2v) is 5.13. The van der Waals surface area contributed by atoms with E-state index in [-0.39, 0.29) is 17.2 Å². The first kappa shape index (κ1) is 12.0. The van der Waals surface area contributed by atoms with Crippen molar-refractivity contribution in [1.29, 1.82) is 0 Å². The Morgan fingerprint density at radius 3 is 2.76 bits per heavy atom. The van der Waals surface area contributed by atoms with Crippen LogP contribution in [0.5, 0.6) is 0 Å². The number of nitrogens with zero attached hydrogens (tertiary/aromatic N) is 1. The second-order valence-electron chi connectivity index (χ2n) is 4.02. The summed E-state index contributed by atoms with van der Waals surface area (Å²) in [5.41, 5.74) is 0.508. The maximum Gasteiger partial charge on any atom is 0.330 e. The molecule has 2 fully saturated rings. The van der Waals surface area contributed by atoms with Crippen LogP contribution in [-0.4, -0.2) is 51.0 Å². The molecule has 17 heavy (non-hydrogen) atoms. The molecule has 0 aromatic rings. The second kappa shape index (κ2) is 4.06. The van der Waals surface area contributed by atoms with Crippen molar-refractivity contribution in [3.05, 3.63) is 12.2 Å². The van der Waals surface area contributed by atoms with E-state index in [2.05, 4.69) is 11.9 Å². The molecule has 2 unspecified atom stereocenters. The maximum atomic E-state index is 11.8. The topological polar surface area (TPSA) is 86.7 Å². The maximum absolute atomic E-state index is 11.8. The first-order valence-corrected chi connectivity index (χ1v) is 6.09. The largest absolute Gasteiger partial charge is 0.479 e. The van der Waals surface area contributed by atoms with Crippen LogP contribution in [0.2, 0.25) is 0 Å². The normalized spacial score (nSPS) is 31.6. The van der Waals surface area contributed by atoms with Gasteiger partial charge in [0.25, 0.3) is 0 Å². The summed E-state index contributed by atoms with van der Waals surface area (Å²) in [6.45, 7) is 5.00. The third kappa shape index (κ3) is 1.80. The van der Waals surface area contributed by atoms with Crippen molar-refractivity contribution < 1.29 is 19.5 Å². The van der Waals surface area contributed by atoms with Crippen molar-refractivity contribution >= 4 is 29.5 Å². The number of aliphatic carboxylic acids is 1. The van der Waals surface area contributed by atoms with Crippen molar-refractivity contribution in [2.45, 2.75) is 24.4 Å². The van der Waals surface area contributed by atoms with Gasteiger partial charge in [0.1, 0.15) is 11.4 Å². The number of fused-ring (bicyclic) bond motifs is 1. The minimum Gasteiger partial charge on any atom is -0.479 e. The summed E-state index contributed by atoms with van der Waals surface area (Å²) in [5.74, 6) is -1.23. The minimum absolute atomic E-state index is 0.292. The Balaban J connectivity index is 2.17. The number of thioether (sulfide) groups is 1. The molecule has 2 N–H and O–H groups in total. The van der Waals surface area contributed by atoms with E-state index in [1.54, 1.807) is 0 Å². The quantitative estimate of drug-likeness (QED) is 0.509. The molecule has 2 heterocycles. The molecule has 2 aliphatic heterocycles. The molecule has 0 aliphatic carbocycles. The lowest BCUT2D eigenvalue weighted by atomic mass is 9.99. The van der Waals surface area contributed by atoms with Crippen LogP contribution in [-0.2, 0) is 14.4 Å². The lowest BCUT2D eigenvalue weighted by molar-refractivity contribution is -0.160. The number of carboxylic acids is 1. The predicted octanol–water partition coefficient (Wildman–Crippen LogP) is -0.584. The molecular formula is C10H12N2O4S. The Kier molecular flexibility index (Phi) is 2.86. The summed E-state index contributed by atoms with van der Waals surface area (Å²) < 4.78 is 0. The van der Waals surface area contributed by atoms with E-state index in [1.165, 1.54) is 23.6 Å². The van der Waals surface area contributed by atoms with Crippen LogP contribution in [0.4, 0.5) is 0 Å². The van der Waals surface area contributed by atoms with Crippen molar-refractivity contribution in [1.82, 2.24) is 10.2 Å². The van der Waals surface area contributed by atoms with Crippen LogP contribution in [0.15, 0.2) is 12.2 Å². The zero-order valence-electron chi connectivity index (χ0n) is 9.17. The summed E-state index contributed by atoms with van der Waals surface area (Å²) >= 11 is 1.42. The van der Waals surface area contributed by atoms with Crippen LogP contribution in [0.1, 0.15) is 6.92 Å². The minimum atomic E-state index is -1.07. The van der Waals surface area contributed by atoms with Gasteiger partial charge in [-0.3, -0.25) is 9.59 Å². The molecule has 0 bridgehead atoms. The van der Waals surface area contributed by atoms with E-state index in [4.69, 9.17) is 5.11 Å². The van der Waals surface area contributed by atoms with Gasteiger partial charge in [-0.1, -0.05) is 6.58 Å². The van der Waals surface area contributed by atoms with Crippen LogP contribution in [0.25, 0.3) is 0 Å². The molecule has 7 heteroatoms. The van der Waals surface area contributed by atoms with Gasteiger partial charge in [-0.2, -0.15) is 0 Å². The average molecular weight is 256 g/mol. The lowest BCUT2D eigenvalue weighted by Gasteiger charge is -2.52. The number of carbonyl (C=O) groups excluding carboxylic acids is 2. The molecule has 3 atom stereocenters. The van der Waals surface area contributed by atoms with Gasteiger partial charge in [0.15, 0.2) is 6.04 Å². The number of nitrogens with one attached hydrogen (secondary N) is 1. The molecule has 2 amide bonds. The zero-order valence-corrected chi connectivity index (χ0v) is 9.99. The van der Waals surface area contributed by atoms with Crippen LogP contribution in [0, 0.1) is 0 Å². The van der Waals surface area contributed by atoms with Gasteiger partial charge < -0.3 is 15.3 Å². The molecule has 2 saturated heterocycles. The molecular weight excluding hydrogens is 244 g/mol. The van der Waals surface area contributed by atoms with E-state index in [0.29, 0.717) is 11.3 Å². The Bertz CT molecular complexity index is 423. The molecule has 0 saturated carbocycles. The number of hydrogen-bond acceptors (Lipinski definition) is 4. The molecule has 6 nitrogen and oxygen atoms in total. The summed E-state index contributed by atoms with van der Waals surface area (Å²) in [7, 11) is 0. The molecule has 2 aliphatic rings. The molecule has 0 aromatic heterocycles. The highest BCUT2D eigenvalue weighted by atomic mass is 32.2. The smallest absolute Gasteiger partial charge is 0.330 e. The summed E-state index contributed by atoms with van der Waals surface area (Å²) in [5, 5.41) is 11.3. The Morgan fingerprint density at radius 1 is 1.59 bits per heavy atom. The van der Waals surface area contributed by atoms with Gasteiger partial charge in [0.2, 0.25) is 11.8 Å². The van der Waals surface area contributed by atoms with Crippen molar-refractivity contribution in [2.75, 3.05) is 5.75 Å². The number of β-lactam (4-membered cyclic amide) rings is 1. The van der Waals surface area contributed by atoms with Gasteiger partial charge >= 0.3 is 5.97 Å². The van der Waals surface area contributed by atoms with Gasteiger partial charge in [0.05, 0.1) is 0 Å². The van der Waals surface area contributed by atoms with Gasteiger partial charge in [-0.15, -0.1) is 11.8 Å². The highest BCUT2D eigenvalue weighted by Crippen LogP contribution is 2.39. The molecule has 0 spiro atoms. The van der Waals surface area contributed by atoms with E-state index >= 15 is 0 Å². The standard InChI is InChI=1S/C10H12N2O4S/c1-4-3-17-9-6(11-5(2)13)8(14)12(9)7(4)10(15)16/h6-7,9H,1,3H2,2H3,(H,11,13)(H,15,16)/t6?,7?,9-/m0/s1. The number of carboxylic acid groups (broad SMARTS) is 1. The van der Waals surface area contributed by atoms with Crippen LogP contribution in [0.3, 0.4) is 0 Å². The number of rotatable bonds is 2. The molecule has 0 radical (unpaired) electrons. The summed E-state index contributed by atoms with van der Waals surface area (Å²) in [4.78, 5) is 35.1. The fourth-order valence-electron chi connectivity index (χ4n) is 2.05. The Morgan fingerprint density at radius 2 is 2.24 bits per heavy atom. The SMILES string of the molecule is C=C1CS[C@H]2C(NC(C)=O)C(=O)N2C1C(=O)O. The van der Waals surface area contributed by atoms with E-state index in [0.717, 1.165) is 0 Å². The lowest BCUT2D eigenvalue weighted by Crippen LogP contribution is -2.74. The van der Waals surface area contributed by atoms with E-state index in [9.17, 15) is 14.4 Å². The summed E-state index contributed by atoms with van der Waals surface area (Å²) in [6.07, 6.45) is 0. The average Bonchev–Trinajstić information content (AvgIpc) is 2.24. The molecule has 2 rings (SSSR count). The third-order valence-corrected chi connectivity index (χ3v) is 4.16. The van der Waals surface area contributed by atoms with Crippen LogP contribution >= 0.6 is 11.8 Å².